The van der Waals surface area contributed by atoms with Crippen LogP contribution in [0.1, 0.15) is 40.5 Å². The molecular formula is C16H27N3O3. The smallest absolute Gasteiger partial charge is 0.328 e. The Morgan fingerprint density at radius 3 is 2.14 bits per heavy atom. The zero-order valence-electron chi connectivity index (χ0n) is 14.0. The lowest BCUT2D eigenvalue weighted by Crippen LogP contribution is -2.39. The van der Waals surface area contributed by atoms with E-state index in [-0.39, 0.29) is 12.5 Å². The van der Waals surface area contributed by atoms with Crippen molar-refractivity contribution >= 4 is 5.91 Å². The molecule has 1 N–H and O–H groups in total. The van der Waals surface area contributed by atoms with Crippen LogP contribution in [0.5, 0.6) is 0 Å². The highest BCUT2D eigenvalue weighted by atomic mass is 16.2. The molecule has 124 valence electrons. The van der Waals surface area contributed by atoms with Gasteiger partial charge < -0.3 is 4.90 Å². The summed E-state index contributed by atoms with van der Waals surface area (Å²) in [5, 5.41) is 0. The minimum Gasteiger partial charge on any atom is -0.341 e. The van der Waals surface area contributed by atoms with Crippen LogP contribution < -0.4 is 11.2 Å². The van der Waals surface area contributed by atoms with Crippen molar-refractivity contribution in [1.82, 2.24) is 14.5 Å². The van der Waals surface area contributed by atoms with Gasteiger partial charge in [0.2, 0.25) is 5.91 Å². The largest absolute Gasteiger partial charge is 0.341 e. The van der Waals surface area contributed by atoms with Gasteiger partial charge in [0.15, 0.2) is 0 Å². The second-order valence-corrected chi connectivity index (χ2v) is 6.48. The standard InChI is InChI=1S/C16H27N3O3/c1-12(2)5-8-18(9-6-13(3)4)15(21)11-19-10-7-14(20)17-16(19)22/h7,10,12-13H,5-6,8-9,11H2,1-4H3,(H,17,20,22). The van der Waals surface area contributed by atoms with Crippen molar-refractivity contribution in [1.29, 1.82) is 0 Å². The molecule has 0 bridgehead atoms. The van der Waals surface area contributed by atoms with Gasteiger partial charge in [0.1, 0.15) is 6.54 Å². The van der Waals surface area contributed by atoms with Crippen molar-refractivity contribution < 1.29 is 4.79 Å². The molecule has 1 aromatic heterocycles. The number of amides is 1. The van der Waals surface area contributed by atoms with E-state index in [4.69, 9.17) is 0 Å². The molecule has 0 aliphatic heterocycles. The molecule has 0 saturated carbocycles. The third-order valence-electron chi connectivity index (χ3n) is 3.51. The summed E-state index contributed by atoms with van der Waals surface area (Å²) >= 11 is 0. The third kappa shape index (κ3) is 6.28. The number of rotatable bonds is 8. The first-order chi connectivity index (χ1) is 10.3. The number of nitrogens with one attached hydrogen (secondary N) is 1. The fourth-order valence-corrected chi connectivity index (χ4v) is 2.00. The Morgan fingerprint density at radius 2 is 1.68 bits per heavy atom. The van der Waals surface area contributed by atoms with Crippen LogP contribution in [0, 0.1) is 11.8 Å². The molecule has 1 rings (SSSR count). The van der Waals surface area contributed by atoms with Gasteiger partial charge in [-0.3, -0.25) is 19.1 Å². The summed E-state index contributed by atoms with van der Waals surface area (Å²) in [6, 6.07) is 1.25. The summed E-state index contributed by atoms with van der Waals surface area (Å²) < 4.78 is 1.24. The number of aromatic nitrogens is 2. The number of aromatic amines is 1. The summed E-state index contributed by atoms with van der Waals surface area (Å²) in [7, 11) is 0. The van der Waals surface area contributed by atoms with E-state index in [1.54, 1.807) is 0 Å². The molecule has 0 spiro atoms. The van der Waals surface area contributed by atoms with Crippen LogP contribution in [-0.2, 0) is 11.3 Å². The van der Waals surface area contributed by atoms with Gasteiger partial charge in [0.05, 0.1) is 0 Å². The molecule has 0 aromatic carbocycles. The summed E-state index contributed by atoms with van der Waals surface area (Å²) in [5.74, 6) is 0.950. The molecule has 0 unspecified atom stereocenters. The van der Waals surface area contributed by atoms with Crippen LogP contribution in [0.15, 0.2) is 21.9 Å². The molecule has 0 radical (unpaired) electrons. The molecule has 1 aromatic rings. The van der Waals surface area contributed by atoms with E-state index in [1.165, 1.54) is 16.8 Å². The van der Waals surface area contributed by atoms with Gasteiger partial charge >= 0.3 is 5.69 Å². The number of hydrogen-bond acceptors (Lipinski definition) is 3. The lowest BCUT2D eigenvalue weighted by molar-refractivity contribution is -0.132. The lowest BCUT2D eigenvalue weighted by atomic mass is 10.1. The monoisotopic (exact) mass is 309 g/mol. The highest BCUT2D eigenvalue weighted by molar-refractivity contribution is 5.75. The maximum Gasteiger partial charge on any atom is 0.328 e. The van der Waals surface area contributed by atoms with Gasteiger partial charge in [0, 0.05) is 25.4 Å². The summed E-state index contributed by atoms with van der Waals surface area (Å²) in [6.07, 6.45) is 3.23. The number of carbonyl (C=O) groups excluding carboxylic acids is 1. The maximum atomic E-state index is 12.4. The van der Waals surface area contributed by atoms with E-state index in [0.717, 1.165) is 12.8 Å². The Kier molecular flexibility index (Phi) is 7.08. The van der Waals surface area contributed by atoms with Crippen LogP contribution in [0.3, 0.4) is 0 Å². The van der Waals surface area contributed by atoms with E-state index in [1.807, 2.05) is 4.90 Å². The van der Waals surface area contributed by atoms with Gasteiger partial charge in [-0.25, -0.2) is 4.79 Å². The van der Waals surface area contributed by atoms with E-state index in [9.17, 15) is 14.4 Å². The van der Waals surface area contributed by atoms with Crippen LogP contribution in [0.2, 0.25) is 0 Å². The number of carbonyl (C=O) groups is 1. The van der Waals surface area contributed by atoms with Gasteiger partial charge in [-0.2, -0.15) is 0 Å². The Morgan fingerprint density at radius 1 is 1.14 bits per heavy atom. The van der Waals surface area contributed by atoms with Crippen molar-refractivity contribution in [2.75, 3.05) is 13.1 Å². The number of nitrogens with zero attached hydrogens (tertiary/aromatic N) is 2. The van der Waals surface area contributed by atoms with Gasteiger partial charge in [0.25, 0.3) is 5.56 Å². The molecular weight excluding hydrogens is 282 g/mol. The summed E-state index contributed by atoms with van der Waals surface area (Å²) in [5.41, 5.74) is -1.00. The molecule has 6 nitrogen and oxygen atoms in total. The summed E-state index contributed by atoms with van der Waals surface area (Å²) in [4.78, 5) is 39.2. The fraction of sp³-hybridized carbons (Fsp3) is 0.688. The Balaban J connectivity index is 2.76. The second kappa shape index (κ2) is 8.56. The van der Waals surface area contributed by atoms with E-state index in [0.29, 0.717) is 24.9 Å². The Labute approximate surface area is 131 Å². The molecule has 1 heterocycles. The van der Waals surface area contributed by atoms with Crippen molar-refractivity contribution in [2.24, 2.45) is 11.8 Å². The van der Waals surface area contributed by atoms with Gasteiger partial charge in [-0.05, 0) is 24.7 Å². The third-order valence-corrected chi connectivity index (χ3v) is 3.51. The maximum absolute atomic E-state index is 12.4. The first-order valence-corrected chi connectivity index (χ1v) is 7.87. The second-order valence-electron chi connectivity index (χ2n) is 6.48. The van der Waals surface area contributed by atoms with Crippen molar-refractivity contribution in [3.63, 3.8) is 0 Å². The number of hydrogen-bond donors (Lipinski definition) is 1. The highest BCUT2D eigenvalue weighted by Crippen LogP contribution is 2.07. The zero-order chi connectivity index (χ0) is 16.7. The first-order valence-electron chi connectivity index (χ1n) is 7.87. The van der Waals surface area contributed by atoms with Crippen LogP contribution >= 0.6 is 0 Å². The minimum absolute atomic E-state index is 0.0359. The van der Waals surface area contributed by atoms with E-state index in [2.05, 4.69) is 32.7 Å². The predicted molar refractivity (Wildman–Crippen MR) is 86.8 cm³/mol. The van der Waals surface area contributed by atoms with E-state index < -0.39 is 11.2 Å². The quantitative estimate of drug-likeness (QED) is 0.790. The predicted octanol–water partition coefficient (Wildman–Crippen LogP) is 1.46. The topological polar surface area (TPSA) is 75.2 Å². The first kappa shape index (κ1) is 18.2. The molecule has 0 aliphatic carbocycles. The Hall–Kier alpha value is -1.85. The van der Waals surface area contributed by atoms with Crippen LogP contribution in [0.4, 0.5) is 0 Å². The zero-order valence-corrected chi connectivity index (χ0v) is 14.0. The molecule has 0 fully saturated rings. The average molecular weight is 309 g/mol. The SMILES string of the molecule is CC(C)CCN(CCC(C)C)C(=O)Cn1ccc(=O)[nH]c1=O. The normalized spacial score (nSPS) is 11.2. The lowest BCUT2D eigenvalue weighted by Gasteiger charge is -2.24. The van der Waals surface area contributed by atoms with Crippen LogP contribution in [0.25, 0.3) is 0 Å². The van der Waals surface area contributed by atoms with Gasteiger partial charge in [-0.1, -0.05) is 27.7 Å². The van der Waals surface area contributed by atoms with Crippen LogP contribution in [-0.4, -0.2) is 33.4 Å². The molecule has 6 heteroatoms. The van der Waals surface area contributed by atoms with E-state index >= 15 is 0 Å². The molecule has 22 heavy (non-hydrogen) atoms. The van der Waals surface area contributed by atoms with Gasteiger partial charge in [-0.15, -0.1) is 0 Å². The average Bonchev–Trinajstić information content (AvgIpc) is 2.41. The molecule has 0 aliphatic rings. The van der Waals surface area contributed by atoms with Crippen molar-refractivity contribution in [2.45, 2.75) is 47.1 Å². The number of H-pyrrole nitrogens is 1. The molecule has 0 atom stereocenters. The van der Waals surface area contributed by atoms with Crippen molar-refractivity contribution in [3.05, 3.63) is 33.1 Å². The van der Waals surface area contributed by atoms with Crippen molar-refractivity contribution in [3.8, 4) is 0 Å². The molecule has 1 amide bonds. The minimum atomic E-state index is -0.548. The Bertz CT molecular complexity index is 575. The highest BCUT2D eigenvalue weighted by Gasteiger charge is 2.15. The molecule has 0 saturated heterocycles. The fourth-order valence-electron chi connectivity index (χ4n) is 2.00. The summed E-state index contributed by atoms with van der Waals surface area (Å²) in [6.45, 7) is 9.85.